The zero-order valence-corrected chi connectivity index (χ0v) is 20.1. The second-order valence-corrected chi connectivity index (χ2v) is 11.0. The highest BCUT2D eigenvalue weighted by atomic mass is 32.2. The van der Waals surface area contributed by atoms with Gasteiger partial charge in [0.2, 0.25) is 10.0 Å². The largest absolute Gasteiger partial charge is 0.366 e. The first-order chi connectivity index (χ1) is 15.8. The number of fused-ring (bicyclic) bond motifs is 1. The van der Waals surface area contributed by atoms with Crippen molar-refractivity contribution >= 4 is 48.3 Å². The van der Waals surface area contributed by atoms with Gasteiger partial charge in [-0.2, -0.15) is 9.40 Å². The molecule has 12 heteroatoms. The van der Waals surface area contributed by atoms with E-state index in [9.17, 15) is 8.42 Å². The van der Waals surface area contributed by atoms with E-state index in [1.54, 1.807) is 17.1 Å². The Hall–Kier alpha value is -3.09. The quantitative estimate of drug-likeness (QED) is 0.461. The first-order valence-corrected chi connectivity index (χ1v) is 13.2. The summed E-state index contributed by atoms with van der Waals surface area (Å²) in [6.07, 6.45) is 4.76. The topological polar surface area (TPSA) is 109 Å². The van der Waals surface area contributed by atoms with E-state index in [2.05, 4.69) is 25.3 Å². The second-order valence-electron chi connectivity index (χ2n) is 8.08. The van der Waals surface area contributed by atoms with Crippen LogP contribution in [0.1, 0.15) is 12.6 Å². The Kier molecular flexibility index (Phi) is 5.51. The summed E-state index contributed by atoms with van der Waals surface area (Å²) in [6.45, 7) is 5.57. The molecule has 33 heavy (non-hydrogen) atoms. The Balaban J connectivity index is 1.35. The van der Waals surface area contributed by atoms with Gasteiger partial charge in [0.05, 0.1) is 6.26 Å². The van der Waals surface area contributed by atoms with Crippen molar-refractivity contribution in [2.24, 2.45) is 0 Å². The highest BCUT2D eigenvalue weighted by Crippen LogP contribution is 2.29. The summed E-state index contributed by atoms with van der Waals surface area (Å²) in [5.41, 5.74) is 2.80. The maximum Gasteiger partial charge on any atom is 0.211 e. The fourth-order valence-electron chi connectivity index (χ4n) is 3.97. The van der Waals surface area contributed by atoms with Crippen LogP contribution < -0.4 is 10.2 Å². The fraction of sp³-hybridized carbons (Fsp3) is 0.333. The minimum atomic E-state index is -3.18. The summed E-state index contributed by atoms with van der Waals surface area (Å²) in [7, 11) is -3.18. The SMILES string of the molecule is Cc1ccnn1-c1ccc2nc(Nc3cc(N4CCN(S(C)(=O)=O)C[C@H]4C)ccn3)sc2n1. The summed E-state index contributed by atoms with van der Waals surface area (Å²) in [4.78, 5) is 16.8. The number of anilines is 3. The summed E-state index contributed by atoms with van der Waals surface area (Å²) in [5, 5.41) is 8.30. The van der Waals surface area contributed by atoms with Crippen LogP contribution in [0.5, 0.6) is 0 Å². The number of nitrogens with one attached hydrogen (secondary N) is 1. The molecule has 0 aliphatic carbocycles. The predicted octanol–water partition coefficient (Wildman–Crippen LogP) is 2.79. The molecule has 4 aromatic heterocycles. The van der Waals surface area contributed by atoms with Crippen molar-refractivity contribution in [2.45, 2.75) is 19.9 Å². The summed E-state index contributed by atoms with van der Waals surface area (Å²) in [6, 6.07) is 9.74. The Labute approximate surface area is 196 Å². The molecule has 0 radical (unpaired) electrons. The second kappa shape index (κ2) is 8.36. The van der Waals surface area contributed by atoms with E-state index < -0.39 is 10.0 Å². The molecule has 1 aliphatic heterocycles. The average Bonchev–Trinajstić information content (AvgIpc) is 3.37. The van der Waals surface area contributed by atoms with Crippen molar-refractivity contribution in [1.29, 1.82) is 0 Å². The van der Waals surface area contributed by atoms with Gasteiger partial charge in [0.25, 0.3) is 0 Å². The summed E-state index contributed by atoms with van der Waals surface area (Å²) >= 11 is 1.45. The van der Waals surface area contributed by atoms with E-state index >= 15 is 0 Å². The molecule has 0 unspecified atom stereocenters. The van der Waals surface area contributed by atoms with Crippen LogP contribution in [0.2, 0.25) is 0 Å². The van der Waals surface area contributed by atoms with E-state index in [1.165, 1.54) is 21.9 Å². The molecule has 10 nitrogen and oxygen atoms in total. The molecular weight excluding hydrogens is 460 g/mol. The van der Waals surface area contributed by atoms with Gasteiger partial charge in [0, 0.05) is 55.5 Å². The van der Waals surface area contributed by atoms with Gasteiger partial charge in [0.1, 0.15) is 16.2 Å². The number of hydrogen-bond donors (Lipinski definition) is 1. The van der Waals surface area contributed by atoms with E-state index in [0.29, 0.717) is 30.6 Å². The zero-order valence-electron chi connectivity index (χ0n) is 18.5. The fourth-order valence-corrected chi connectivity index (χ4v) is 5.71. The number of rotatable bonds is 5. The molecule has 0 amide bonds. The van der Waals surface area contributed by atoms with Gasteiger partial charge >= 0.3 is 0 Å². The lowest BCUT2D eigenvalue weighted by Gasteiger charge is -2.40. The number of hydrogen-bond acceptors (Lipinski definition) is 9. The van der Waals surface area contributed by atoms with Crippen LogP contribution in [-0.2, 0) is 10.0 Å². The number of nitrogens with zero attached hydrogens (tertiary/aromatic N) is 7. The lowest BCUT2D eigenvalue weighted by molar-refractivity contribution is 0.345. The lowest BCUT2D eigenvalue weighted by atomic mass is 10.2. The van der Waals surface area contributed by atoms with Crippen LogP contribution >= 0.6 is 11.3 Å². The molecule has 5 rings (SSSR count). The molecule has 1 N–H and O–H groups in total. The van der Waals surface area contributed by atoms with Crippen LogP contribution in [0.4, 0.5) is 16.6 Å². The van der Waals surface area contributed by atoms with Gasteiger partial charge in [-0.15, -0.1) is 0 Å². The van der Waals surface area contributed by atoms with Crippen LogP contribution in [0, 0.1) is 6.92 Å². The van der Waals surface area contributed by atoms with Gasteiger partial charge in [0.15, 0.2) is 10.9 Å². The minimum Gasteiger partial charge on any atom is -0.366 e. The maximum atomic E-state index is 11.9. The molecular formula is C21H24N8O2S2. The molecule has 0 bridgehead atoms. The summed E-state index contributed by atoms with van der Waals surface area (Å²) < 4.78 is 27.1. The molecule has 1 fully saturated rings. The Bertz CT molecular complexity index is 1410. The Morgan fingerprint density at radius 1 is 1.12 bits per heavy atom. The standard InChI is InChI=1S/C21H24N8O2S2/c1-14-6-9-23-29(14)19-5-4-17-20(26-19)32-21(24-17)25-18-12-16(7-8-22-18)28-11-10-27(13-15(28)2)33(3,30)31/h4-9,12,15H,10-11,13H2,1-3H3,(H,22,24,25)/t15-/m1/s1. The molecule has 0 spiro atoms. The van der Waals surface area contributed by atoms with Crippen LogP contribution in [0.25, 0.3) is 16.2 Å². The number of aryl methyl sites for hydroxylation is 1. The molecule has 172 valence electrons. The number of sulfonamides is 1. The third kappa shape index (κ3) is 4.41. The van der Waals surface area contributed by atoms with Crippen LogP contribution in [-0.4, -0.2) is 69.4 Å². The zero-order chi connectivity index (χ0) is 23.2. The first-order valence-electron chi connectivity index (χ1n) is 10.5. The highest BCUT2D eigenvalue weighted by Gasteiger charge is 2.29. The molecule has 1 saturated heterocycles. The van der Waals surface area contributed by atoms with E-state index in [4.69, 9.17) is 4.98 Å². The van der Waals surface area contributed by atoms with Crippen LogP contribution in [0.15, 0.2) is 42.7 Å². The molecule has 5 heterocycles. The summed E-state index contributed by atoms with van der Waals surface area (Å²) in [5.74, 6) is 1.43. The van der Waals surface area contributed by atoms with Crippen molar-refractivity contribution in [3.63, 3.8) is 0 Å². The van der Waals surface area contributed by atoms with E-state index in [0.717, 1.165) is 27.5 Å². The Morgan fingerprint density at radius 2 is 1.97 bits per heavy atom. The van der Waals surface area contributed by atoms with Crippen molar-refractivity contribution in [1.82, 2.24) is 29.0 Å². The van der Waals surface area contributed by atoms with Crippen molar-refractivity contribution in [2.75, 3.05) is 36.1 Å². The van der Waals surface area contributed by atoms with Gasteiger partial charge in [-0.1, -0.05) is 11.3 Å². The van der Waals surface area contributed by atoms with E-state index in [1.807, 2.05) is 44.2 Å². The van der Waals surface area contributed by atoms with Crippen molar-refractivity contribution in [3.8, 4) is 5.82 Å². The van der Waals surface area contributed by atoms with Crippen molar-refractivity contribution < 1.29 is 8.42 Å². The van der Waals surface area contributed by atoms with Gasteiger partial charge in [-0.25, -0.2) is 28.1 Å². The molecule has 0 saturated carbocycles. The molecule has 0 aromatic carbocycles. The van der Waals surface area contributed by atoms with E-state index in [-0.39, 0.29) is 6.04 Å². The normalized spacial score (nSPS) is 17.5. The minimum absolute atomic E-state index is 0.0551. The number of piperazine rings is 1. The monoisotopic (exact) mass is 484 g/mol. The van der Waals surface area contributed by atoms with Gasteiger partial charge in [-0.05, 0) is 38.1 Å². The molecule has 4 aromatic rings. The number of aromatic nitrogens is 5. The smallest absolute Gasteiger partial charge is 0.211 e. The third-order valence-electron chi connectivity index (χ3n) is 5.66. The lowest BCUT2D eigenvalue weighted by Crippen LogP contribution is -2.53. The molecule has 1 atom stereocenters. The van der Waals surface area contributed by atoms with Crippen LogP contribution in [0.3, 0.4) is 0 Å². The maximum absolute atomic E-state index is 11.9. The average molecular weight is 485 g/mol. The van der Waals surface area contributed by atoms with Gasteiger partial charge < -0.3 is 10.2 Å². The molecule has 1 aliphatic rings. The van der Waals surface area contributed by atoms with Gasteiger partial charge in [-0.3, -0.25) is 0 Å². The predicted molar refractivity (Wildman–Crippen MR) is 130 cm³/mol. The first kappa shape index (κ1) is 21.7. The highest BCUT2D eigenvalue weighted by molar-refractivity contribution is 7.88. The third-order valence-corrected chi connectivity index (χ3v) is 7.81. The number of thiazole rings is 1. The Morgan fingerprint density at radius 3 is 2.70 bits per heavy atom. The van der Waals surface area contributed by atoms with Crippen molar-refractivity contribution in [3.05, 3.63) is 48.4 Å². The number of pyridine rings is 2.